The first-order valence-corrected chi connectivity index (χ1v) is 13.2. The predicted molar refractivity (Wildman–Crippen MR) is 135 cm³/mol. The average molecular weight is 544 g/mol. The normalized spacial score (nSPS) is 20.3. The second kappa shape index (κ2) is 9.62. The van der Waals surface area contributed by atoms with Crippen molar-refractivity contribution in [3.05, 3.63) is 58.4 Å². The van der Waals surface area contributed by atoms with E-state index in [1.54, 1.807) is 16.5 Å². The van der Waals surface area contributed by atoms with E-state index in [9.17, 15) is 22.8 Å². The van der Waals surface area contributed by atoms with Gasteiger partial charge in [-0.1, -0.05) is 0 Å². The van der Waals surface area contributed by atoms with Crippen molar-refractivity contribution in [1.29, 1.82) is 0 Å². The summed E-state index contributed by atoms with van der Waals surface area (Å²) in [6, 6.07) is 5.82. The van der Waals surface area contributed by atoms with Crippen LogP contribution in [0.4, 0.5) is 30.4 Å². The molecule has 0 N–H and O–H groups in total. The Morgan fingerprint density at radius 2 is 1.82 bits per heavy atom. The highest BCUT2D eigenvalue weighted by Crippen LogP contribution is 2.37. The number of benzene rings is 1. The highest BCUT2D eigenvalue weighted by molar-refractivity contribution is 7.11. The molecule has 5 heterocycles. The van der Waals surface area contributed by atoms with Gasteiger partial charge in [-0.3, -0.25) is 14.5 Å². The van der Waals surface area contributed by atoms with Gasteiger partial charge < -0.3 is 14.7 Å². The van der Waals surface area contributed by atoms with Crippen LogP contribution in [-0.2, 0) is 17.4 Å². The summed E-state index contributed by atoms with van der Waals surface area (Å²) in [5.41, 5.74) is 1.65. The number of hydrogen-bond acceptors (Lipinski definition) is 8. The molecule has 2 saturated heterocycles. The van der Waals surface area contributed by atoms with Crippen molar-refractivity contribution in [1.82, 2.24) is 24.8 Å². The third-order valence-electron chi connectivity index (χ3n) is 7.31. The van der Waals surface area contributed by atoms with Crippen molar-refractivity contribution in [3.8, 4) is 0 Å². The number of alkyl halides is 3. The van der Waals surface area contributed by atoms with Gasteiger partial charge in [-0.05, 0) is 30.2 Å². The van der Waals surface area contributed by atoms with Crippen LogP contribution < -0.4 is 9.80 Å². The first kappa shape index (κ1) is 24.7. The SMILES string of the molecule is O=C(c1nccs1)N1CCN([C@@H]2CC(=O)N(c3ccc4c(c3)CCN4c3cnc(C(F)(F)F)cn3)C2)CC1. The Labute approximate surface area is 220 Å². The number of halogens is 3. The minimum atomic E-state index is -4.53. The number of anilines is 3. The van der Waals surface area contributed by atoms with Crippen LogP contribution in [0.5, 0.6) is 0 Å². The molecule has 0 unspecified atom stereocenters. The molecule has 0 aliphatic carbocycles. The van der Waals surface area contributed by atoms with Gasteiger partial charge in [-0.15, -0.1) is 11.3 Å². The zero-order chi connectivity index (χ0) is 26.4. The fourth-order valence-corrected chi connectivity index (χ4v) is 5.94. The predicted octanol–water partition coefficient (Wildman–Crippen LogP) is 3.21. The van der Waals surface area contributed by atoms with Gasteiger partial charge in [0.25, 0.3) is 5.91 Å². The van der Waals surface area contributed by atoms with Crippen LogP contribution in [-0.4, -0.2) is 81.9 Å². The Bertz CT molecular complexity index is 1340. The minimum absolute atomic E-state index is 0.0433. The lowest BCUT2D eigenvalue weighted by Crippen LogP contribution is -2.52. The largest absolute Gasteiger partial charge is 0.434 e. The molecule has 0 saturated carbocycles. The van der Waals surface area contributed by atoms with E-state index in [0.29, 0.717) is 62.9 Å². The Hall–Kier alpha value is -3.58. The molecular weight excluding hydrogens is 519 g/mol. The van der Waals surface area contributed by atoms with E-state index >= 15 is 0 Å². The molecule has 3 aromatic rings. The standard InChI is InChI=1S/C25H24F3N7O2S/c26-25(27,28)20-13-31-21(14-30-20)34-5-3-16-11-17(1-2-19(16)34)35-15-18(12-22(35)36)32-6-8-33(9-7-32)24(37)23-29-4-10-38-23/h1-2,4,10-11,13-14,18H,3,5-9,12,15H2/t18-/m1/s1. The van der Waals surface area contributed by atoms with Crippen LogP contribution >= 0.6 is 11.3 Å². The van der Waals surface area contributed by atoms with E-state index in [1.165, 1.54) is 11.3 Å². The molecule has 2 fully saturated rings. The first-order chi connectivity index (χ1) is 18.3. The molecule has 1 aromatic carbocycles. The van der Waals surface area contributed by atoms with Crippen LogP contribution in [0.25, 0.3) is 0 Å². The van der Waals surface area contributed by atoms with Crippen LogP contribution in [0.15, 0.2) is 42.2 Å². The Kier molecular flexibility index (Phi) is 6.26. The Morgan fingerprint density at radius 3 is 2.50 bits per heavy atom. The van der Waals surface area contributed by atoms with Gasteiger partial charge in [0, 0.05) is 74.7 Å². The number of nitrogens with zero attached hydrogens (tertiary/aromatic N) is 7. The molecule has 13 heteroatoms. The molecule has 198 valence electrons. The minimum Gasteiger partial charge on any atom is -0.334 e. The number of amides is 2. The third-order valence-corrected chi connectivity index (χ3v) is 8.07. The van der Waals surface area contributed by atoms with E-state index in [1.807, 2.05) is 28.0 Å². The number of piperazine rings is 1. The van der Waals surface area contributed by atoms with Gasteiger partial charge >= 0.3 is 6.18 Å². The van der Waals surface area contributed by atoms with Crippen LogP contribution in [0.2, 0.25) is 0 Å². The second-order valence-corrected chi connectivity index (χ2v) is 10.4. The van der Waals surface area contributed by atoms with Gasteiger partial charge in [0.15, 0.2) is 16.5 Å². The van der Waals surface area contributed by atoms with E-state index in [0.717, 1.165) is 29.3 Å². The maximum atomic E-state index is 13.0. The maximum Gasteiger partial charge on any atom is 0.434 e. The van der Waals surface area contributed by atoms with Gasteiger partial charge in [0.2, 0.25) is 5.91 Å². The molecule has 1 atom stereocenters. The summed E-state index contributed by atoms with van der Waals surface area (Å²) in [7, 11) is 0. The van der Waals surface area contributed by atoms with Gasteiger partial charge in [-0.25, -0.2) is 15.0 Å². The number of thiazole rings is 1. The van der Waals surface area contributed by atoms with Crippen LogP contribution in [0, 0.1) is 0 Å². The number of rotatable bonds is 4. The fraction of sp³-hybridized carbons (Fsp3) is 0.400. The zero-order valence-electron chi connectivity index (χ0n) is 20.3. The smallest absolute Gasteiger partial charge is 0.334 e. The molecule has 6 rings (SSSR count). The Morgan fingerprint density at radius 1 is 1.00 bits per heavy atom. The van der Waals surface area contributed by atoms with Crippen LogP contribution in [0.3, 0.4) is 0 Å². The summed E-state index contributed by atoms with van der Waals surface area (Å²) in [4.78, 5) is 44.9. The summed E-state index contributed by atoms with van der Waals surface area (Å²) in [5, 5.41) is 2.29. The Balaban J connectivity index is 1.10. The first-order valence-electron chi connectivity index (χ1n) is 12.3. The van der Waals surface area contributed by atoms with Gasteiger partial charge in [0.05, 0.1) is 12.4 Å². The molecule has 38 heavy (non-hydrogen) atoms. The third kappa shape index (κ3) is 4.60. The summed E-state index contributed by atoms with van der Waals surface area (Å²) in [5.74, 6) is 0.368. The molecular formula is C25H24F3N7O2S. The highest BCUT2D eigenvalue weighted by atomic mass is 32.1. The average Bonchev–Trinajstić information content (AvgIpc) is 3.68. The highest BCUT2D eigenvalue weighted by Gasteiger charge is 2.37. The molecule has 2 amide bonds. The number of carbonyl (C=O) groups is 2. The molecule has 9 nitrogen and oxygen atoms in total. The zero-order valence-corrected chi connectivity index (χ0v) is 21.1. The summed E-state index contributed by atoms with van der Waals surface area (Å²) < 4.78 is 38.5. The topological polar surface area (TPSA) is 85.8 Å². The summed E-state index contributed by atoms with van der Waals surface area (Å²) in [6.07, 6.45) is 0.101. The lowest BCUT2D eigenvalue weighted by molar-refractivity contribution is -0.141. The molecule has 0 radical (unpaired) electrons. The van der Waals surface area contributed by atoms with Gasteiger partial charge in [-0.2, -0.15) is 13.2 Å². The molecule has 3 aliphatic rings. The van der Waals surface area contributed by atoms with Crippen molar-refractivity contribution in [2.24, 2.45) is 0 Å². The molecule has 2 aromatic heterocycles. The lowest BCUT2D eigenvalue weighted by atomic mass is 10.1. The van der Waals surface area contributed by atoms with Crippen molar-refractivity contribution in [3.63, 3.8) is 0 Å². The van der Waals surface area contributed by atoms with Crippen LogP contribution in [0.1, 0.15) is 27.5 Å². The molecule has 0 bridgehead atoms. The van der Waals surface area contributed by atoms with E-state index in [2.05, 4.69) is 19.9 Å². The van der Waals surface area contributed by atoms with Crippen molar-refractivity contribution < 1.29 is 22.8 Å². The molecule has 3 aliphatic heterocycles. The van der Waals surface area contributed by atoms with Crippen molar-refractivity contribution in [2.45, 2.75) is 25.1 Å². The lowest BCUT2D eigenvalue weighted by Gasteiger charge is -2.37. The summed E-state index contributed by atoms with van der Waals surface area (Å²) >= 11 is 1.34. The van der Waals surface area contributed by atoms with E-state index < -0.39 is 11.9 Å². The number of aromatic nitrogens is 3. The second-order valence-electron chi connectivity index (χ2n) is 9.50. The van der Waals surface area contributed by atoms with E-state index in [-0.39, 0.29) is 17.9 Å². The number of carbonyl (C=O) groups excluding carboxylic acids is 2. The summed E-state index contributed by atoms with van der Waals surface area (Å²) in [6.45, 7) is 3.76. The molecule has 0 spiro atoms. The monoisotopic (exact) mass is 543 g/mol. The van der Waals surface area contributed by atoms with E-state index in [4.69, 9.17) is 0 Å². The quantitative estimate of drug-likeness (QED) is 0.500. The number of fused-ring (bicyclic) bond motifs is 1. The van der Waals surface area contributed by atoms with Crippen molar-refractivity contribution >= 4 is 40.3 Å². The number of hydrogen-bond donors (Lipinski definition) is 0. The fourth-order valence-electron chi connectivity index (χ4n) is 5.34. The van der Waals surface area contributed by atoms with Crippen molar-refractivity contribution in [2.75, 3.05) is 49.1 Å². The maximum absolute atomic E-state index is 13.0. The van der Waals surface area contributed by atoms with Gasteiger partial charge in [0.1, 0.15) is 0 Å².